The first-order chi connectivity index (χ1) is 12.8. The number of nitrogens with one attached hydrogen (secondary N) is 2. The molecule has 27 heavy (non-hydrogen) atoms. The van der Waals surface area contributed by atoms with Crippen molar-refractivity contribution in [3.63, 3.8) is 0 Å². The van der Waals surface area contributed by atoms with Crippen LogP contribution in [0.4, 0.5) is 5.13 Å². The van der Waals surface area contributed by atoms with Crippen LogP contribution in [-0.4, -0.2) is 70.1 Å². The van der Waals surface area contributed by atoms with Gasteiger partial charge < -0.3 is 25.0 Å². The Kier molecular flexibility index (Phi) is 10.7. The van der Waals surface area contributed by atoms with Gasteiger partial charge in [0.25, 0.3) is 0 Å². The third-order valence-corrected chi connectivity index (χ3v) is 5.62. The molecule has 7 nitrogen and oxygen atoms in total. The molecule has 0 spiro atoms. The molecule has 9 heteroatoms. The predicted molar refractivity (Wildman–Crippen MR) is 122 cm³/mol. The molecule has 2 fully saturated rings. The van der Waals surface area contributed by atoms with E-state index in [-0.39, 0.29) is 30.1 Å². The van der Waals surface area contributed by atoms with Crippen molar-refractivity contribution in [2.45, 2.75) is 38.2 Å². The van der Waals surface area contributed by atoms with Crippen LogP contribution in [0.25, 0.3) is 0 Å². The van der Waals surface area contributed by atoms with Gasteiger partial charge in [0, 0.05) is 58.2 Å². The number of aliphatic imine (C=N–C) groups is 1. The molecule has 2 N–H and O–H groups in total. The molecule has 0 aromatic carbocycles. The largest absolute Gasteiger partial charge is 0.379 e. The van der Waals surface area contributed by atoms with Crippen molar-refractivity contribution in [3.8, 4) is 0 Å². The Bertz CT molecular complexity index is 560. The highest BCUT2D eigenvalue weighted by atomic mass is 127. The fraction of sp³-hybridized carbons (Fsp3) is 0.778. The van der Waals surface area contributed by atoms with E-state index >= 15 is 0 Å². The molecule has 0 aliphatic carbocycles. The van der Waals surface area contributed by atoms with E-state index in [9.17, 15) is 0 Å². The molecule has 2 saturated heterocycles. The smallest absolute Gasteiger partial charge is 0.190 e. The Morgan fingerprint density at radius 2 is 2.19 bits per heavy atom. The molecule has 0 saturated carbocycles. The number of nitrogens with zero attached hydrogens (tertiary/aromatic N) is 3. The van der Waals surface area contributed by atoms with Gasteiger partial charge >= 0.3 is 0 Å². The number of halogens is 1. The van der Waals surface area contributed by atoms with Gasteiger partial charge in [-0.1, -0.05) is 0 Å². The van der Waals surface area contributed by atoms with Crippen molar-refractivity contribution in [3.05, 3.63) is 11.1 Å². The Labute approximate surface area is 183 Å². The molecule has 0 radical (unpaired) electrons. The van der Waals surface area contributed by atoms with Crippen LogP contribution in [0, 0.1) is 0 Å². The zero-order valence-electron chi connectivity index (χ0n) is 16.1. The first-order valence-electron chi connectivity index (χ1n) is 9.68. The molecule has 1 atom stereocenters. The zero-order chi connectivity index (χ0) is 18.0. The third kappa shape index (κ3) is 7.71. The molecule has 1 unspecified atom stereocenters. The maximum Gasteiger partial charge on any atom is 0.190 e. The van der Waals surface area contributed by atoms with Gasteiger partial charge in [-0.25, -0.2) is 4.98 Å². The number of hydrogen-bond acceptors (Lipinski definition) is 6. The summed E-state index contributed by atoms with van der Waals surface area (Å²) in [6.45, 7) is 6.32. The normalized spacial score (nSPS) is 20.0. The Morgan fingerprint density at radius 3 is 2.93 bits per heavy atom. The summed E-state index contributed by atoms with van der Waals surface area (Å²) in [6.07, 6.45) is 5.76. The number of rotatable bonds is 9. The van der Waals surface area contributed by atoms with Gasteiger partial charge in [-0.3, -0.25) is 4.99 Å². The van der Waals surface area contributed by atoms with Crippen molar-refractivity contribution in [2.75, 3.05) is 57.9 Å². The second kappa shape index (κ2) is 12.7. The lowest BCUT2D eigenvalue weighted by Gasteiger charge is -2.13. The Morgan fingerprint density at radius 1 is 1.37 bits per heavy atom. The van der Waals surface area contributed by atoms with E-state index in [4.69, 9.17) is 14.5 Å². The first kappa shape index (κ1) is 22.6. The van der Waals surface area contributed by atoms with Crippen LogP contribution in [0.1, 0.15) is 31.4 Å². The minimum absolute atomic E-state index is 0. The molecule has 2 aliphatic rings. The number of anilines is 1. The van der Waals surface area contributed by atoms with Crippen LogP contribution in [0.5, 0.6) is 0 Å². The molecule has 1 aromatic rings. The van der Waals surface area contributed by atoms with Gasteiger partial charge in [-0.05, 0) is 25.7 Å². The van der Waals surface area contributed by atoms with Crippen LogP contribution < -0.4 is 15.5 Å². The van der Waals surface area contributed by atoms with Gasteiger partial charge in [0.05, 0.1) is 18.4 Å². The minimum atomic E-state index is 0. The molecule has 154 valence electrons. The average Bonchev–Trinajstić information content (AvgIpc) is 3.41. The van der Waals surface area contributed by atoms with E-state index in [1.165, 1.54) is 18.0 Å². The second-order valence-corrected chi connectivity index (χ2v) is 7.54. The molecule has 0 amide bonds. The molecule has 0 bridgehead atoms. The van der Waals surface area contributed by atoms with Gasteiger partial charge in [0.2, 0.25) is 0 Å². The quantitative estimate of drug-likeness (QED) is 0.231. The number of thiazole rings is 1. The van der Waals surface area contributed by atoms with E-state index in [0.29, 0.717) is 0 Å². The highest BCUT2D eigenvalue weighted by molar-refractivity contribution is 14.0. The average molecular weight is 509 g/mol. The third-order valence-electron chi connectivity index (χ3n) is 4.67. The first-order valence-corrected chi connectivity index (χ1v) is 10.6. The summed E-state index contributed by atoms with van der Waals surface area (Å²) in [4.78, 5) is 11.4. The van der Waals surface area contributed by atoms with Gasteiger partial charge in [-0.2, -0.15) is 0 Å². The number of guanidine groups is 1. The van der Waals surface area contributed by atoms with Crippen molar-refractivity contribution < 1.29 is 9.47 Å². The predicted octanol–water partition coefficient (Wildman–Crippen LogP) is 2.26. The van der Waals surface area contributed by atoms with Gasteiger partial charge in [-0.15, -0.1) is 35.3 Å². The highest BCUT2D eigenvalue weighted by Gasteiger charge is 2.16. The van der Waals surface area contributed by atoms with Crippen LogP contribution in [0.3, 0.4) is 0 Å². The minimum Gasteiger partial charge on any atom is -0.379 e. The Balaban J connectivity index is 0.00000261. The maximum atomic E-state index is 5.77. The van der Waals surface area contributed by atoms with E-state index in [0.717, 1.165) is 76.9 Å². The molecule has 3 heterocycles. The highest BCUT2D eigenvalue weighted by Crippen LogP contribution is 2.24. The molecular weight excluding hydrogens is 477 g/mol. The van der Waals surface area contributed by atoms with Crippen molar-refractivity contribution in [1.82, 2.24) is 15.6 Å². The molecule has 3 rings (SSSR count). The summed E-state index contributed by atoms with van der Waals surface area (Å²) in [6, 6.07) is 0. The second-order valence-electron chi connectivity index (χ2n) is 6.70. The summed E-state index contributed by atoms with van der Waals surface area (Å²) in [7, 11) is 1.80. The molecular formula is C18H32IN5O2S. The summed E-state index contributed by atoms with van der Waals surface area (Å²) in [5.74, 6) is 0.837. The van der Waals surface area contributed by atoms with E-state index < -0.39 is 0 Å². The lowest BCUT2D eigenvalue weighted by Crippen LogP contribution is -2.39. The Hall–Kier alpha value is -0.650. The maximum absolute atomic E-state index is 5.77. The van der Waals surface area contributed by atoms with Crippen molar-refractivity contribution >= 4 is 46.4 Å². The van der Waals surface area contributed by atoms with E-state index in [1.54, 1.807) is 18.4 Å². The number of ether oxygens (including phenoxy) is 2. The zero-order valence-corrected chi connectivity index (χ0v) is 19.3. The van der Waals surface area contributed by atoms with Gasteiger partial charge in [0.15, 0.2) is 11.1 Å². The molecule has 2 aliphatic heterocycles. The lowest BCUT2D eigenvalue weighted by atomic mass is 10.3. The van der Waals surface area contributed by atoms with E-state index in [1.807, 2.05) is 0 Å². The van der Waals surface area contributed by atoms with Crippen LogP contribution in [-0.2, 0) is 15.9 Å². The fourth-order valence-electron chi connectivity index (χ4n) is 3.17. The van der Waals surface area contributed by atoms with Gasteiger partial charge in [0.1, 0.15) is 0 Å². The molecule has 1 aromatic heterocycles. The SMILES string of the molecule is CN=C(NCCCOC1CCOC1)NCCc1csc(N2CCCC2)n1.I. The van der Waals surface area contributed by atoms with Crippen LogP contribution >= 0.6 is 35.3 Å². The lowest BCUT2D eigenvalue weighted by molar-refractivity contribution is 0.0420. The topological polar surface area (TPSA) is 71.0 Å². The van der Waals surface area contributed by atoms with Crippen LogP contribution in [0.2, 0.25) is 0 Å². The van der Waals surface area contributed by atoms with E-state index in [2.05, 4.69) is 25.9 Å². The van der Waals surface area contributed by atoms with Crippen molar-refractivity contribution in [2.24, 2.45) is 4.99 Å². The fourth-order valence-corrected chi connectivity index (χ4v) is 4.08. The summed E-state index contributed by atoms with van der Waals surface area (Å²) >= 11 is 1.76. The summed E-state index contributed by atoms with van der Waals surface area (Å²) < 4.78 is 11.1. The monoisotopic (exact) mass is 509 g/mol. The van der Waals surface area contributed by atoms with Crippen LogP contribution in [0.15, 0.2) is 10.4 Å². The summed E-state index contributed by atoms with van der Waals surface area (Å²) in [5, 5.41) is 10.0. The number of hydrogen-bond donors (Lipinski definition) is 2. The number of aromatic nitrogens is 1. The standard InChI is InChI=1S/C18H31N5O2S.HI/c1-19-17(20-7-4-11-25-16-6-12-24-13-16)21-8-5-15-14-26-18(22-15)23-9-2-3-10-23;/h14,16H,2-13H2,1H3,(H2,19,20,21);1H. The summed E-state index contributed by atoms with van der Waals surface area (Å²) in [5.41, 5.74) is 1.16. The van der Waals surface area contributed by atoms with Crippen molar-refractivity contribution in [1.29, 1.82) is 0 Å².